The second-order valence-corrected chi connectivity index (χ2v) is 5.44. The van der Waals surface area contributed by atoms with Gasteiger partial charge in [0.05, 0.1) is 0 Å². The molecule has 3 aromatic rings. The Balaban J connectivity index is 1.73. The Morgan fingerprint density at radius 2 is 1.14 bits per heavy atom. The lowest BCUT2D eigenvalue weighted by atomic mass is 10.1. The Hall–Kier alpha value is -2.74. The van der Waals surface area contributed by atoms with Crippen molar-refractivity contribution in [2.75, 3.05) is 10.6 Å². The summed E-state index contributed by atoms with van der Waals surface area (Å²) in [6.45, 7) is 4.27. The number of hydrogen-bond acceptors (Lipinski definition) is 2. The Morgan fingerprint density at radius 3 is 1.82 bits per heavy atom. The van der Waals surface area contributed by atoms with Crippen LogP contribution in [0.4, 0.5) is 22.7 Å². The summed E-state index contributed by atoms with van der Waals surface area (Å²) in [5.74, 6) is 0. The van der Waals surface area contributed by atoms with Crippen LogP contribution in [0, 0.1) is 13.8 Å². The van der Waals surface area contributed by atoms with Crippen molar-refractivity contribution in [2.45, 2.75) is 13.8 Å². The molecule has 0 bridgehead atoms. The standard InChI is InChI=1S/C20H20N2/c1-15-7-6-10-20(16(15)2)22-19-13-11-18(12-14-19)21-17-8-4-3-5-9-17/h3-14,21-22H,1-2H3. The van der Waals surface area contributed by atoms with Gasteiger partial charge in [-0.25, -0.2) is 0 Å². The van der Waals surface area contributed by atoms with Crippen molar-refractivity contribution in [1.29, 1.82) is 0 Å². The summed E-state index contributed by atoms with van der Waals surface area (Å²) in [7, 11) is 0. The van der Waals surface area contributed by atoms with Gasteiger partial charge in [-0.15, -0.1) is 0 Å². The summed E-state index contributed by atoms with van der Waals surface area (Å²) in [5, 5.41) is 6.86. The molecule has 2 nitrogen and oxygen atoms in total. The van der Waals surface area contributed by atoms with Crippen LogP contribution in [-0.4, -0.2) is 0 Å². The topological polar surface area (TPSA) is 24.1 Å². The van der Waals surface area contributed by atoms with Crippen LogP contribution in [-0.2, 0) is 0 Å². The number of rotatable bonds is 4. The van der Waals surface area contributed by atoms with E-state index in [1.807, 2.05) is 18.2 Å². The van der Waals surface area contributed by atoms with Crippen molar-refractivity contribution < 1.29 is 0 Å². The first-order valence-corrected chi connectivity index (χ1v) is 7.48. The average Bonchev–Trinajstić information content (AvgIpc) is 2.55. The minimum absolute atomic E-state index is 1.08. The number of para-hydroxylation sites is 1. The summed E-state index contributed by atoms with van der Waals surface area (Å²) in [5.41, 5.74) is 7.01. The highest BCUT2D eigenvalue weighted by molar-refractivity contribution is 5.68. The maximum atomic E-state index is 3.48. The Bertz CT molecular complexity index is 746. The molecule has 0 fully saturated rings. The van der Waals surface area contributed by atoms with Crippen molar-refractivity contribution in [2.24, 2.45) is 0 Å². The minimum Gasteiger partial charge on any atom is -0.356 e. The quantitative estimate of drug-likeness (QED) is 0.635. The SMILES string of the molecule is Cc1cccc(Nc2ccc(Nc3ccccc3)cc2)c1C. The van der Waals surface area contributed by atoms with Gasteiger partial charge in [0.2, 0.25) is 0 Å². The maximum absolute atomic E-state index is 3.48. The van der Waals surface area contributed by atoms with Gasteiger partial charge in [-0.2, -0.15) is 0 Å². The lowest BCUT2D eigenvalue weighted by molar-refractivity contribution is 1.33. The molecule has 110 valence electrons. The van der Waals surface area contributed by atoms with E-state index < -0.39 is 0 Å². The fourth-order valence-electron chi connectivity index (χ4n) is 2.37. The smallest absolute Gasteiger partial charge is 0.0416 e. The number of benzene rings is 3. The molecular weight excluding hydrogens is 268 g/mol. The van der Waals surface area contributed by atoms with E-state index in [1.54, 1.807) is 0 Å². The first-order valence-electron chi connectivity index (χ1n) is 7.48. The van der Waals surface area contributed by atoms with E-state index in [2.05, 4.69) is 79.1 Å². The van der Waals surface area contributed by atoms with Gasteiger partial charge in [-0.05, 0) is 67.4 Å². The lowest BCUT2D eigenvalue weighted by Gasteiger charge is -2.12. The van der Waals surface area contributed by atoms with Crippen LogP contribution >= 0.6 is 0 Å². The van der Waals surface area contributed by atoms with Crippen LogP contribution in [0.2, 0.25) is 0 Å². The first kappa shape index (κ1) is 14.2. The van der Waals surface area contributed by atoms with Crippen molar-refractivity contribution in [1.82, 2.24) is 0 Å². The molecule has 3 aromatic carbocycles. The minimum atomic E-state index is 1.08. The second-order valence-electron chi connectivity index (χ2n) is 5.44. The predicted molar refractivity (Wildman–Crippen MR) is 95.4 cm³/mol. The Morgan fingerprint density at radius 1 is 0.545 bits per heavy atom. The first-order chi connectivity index (χ1) is 10.7. The van der Waals surface area contributed by atoms with Crippen LogP contribution in [0.5, 0.6) is 0 Å². The van der Waals surface area contributed by atoms with E-state index >= 15 is 0 Å². The molecule has 0 heterocycles. The summed E-state index contributed by atoms with van der Waals surface area (Å²) in [4.78, 5) is 0. The second kappa shape index (κ2) is 6.35. The van der Waals surface area contributed by atoms with E-state index in [-0.39, 0.29) is 0 Å². The Kier molecular flexibility index (Phi) is 4.10. The predicted octanol–water partition coefficient (Wildman–Crippen LogP) is 5.79. The molecular formula is C20H20N2. The normalized spacial score (nSPS) is 10.3. The third-order valence-corrected chi connectivity index (χ3v) is 3.83. The van der Waals surface area contributed by atoms with E-state index in [0.29, 0.717) is 0 Å². The molecule has 3 rings (SSSR count). The highest BCUT2D eigenvalue weighted by Gasteiger charge is 2.01. The van der Waals surface area contributed by atoms with Gasteiger partial charge >= 0.3 is 0 Å². The average molecular weight is 288 g/mol. The zero-order valence-electron chi connectivity index (χ0n) is 12.9. The monoisotopic (exact) mass is 288 g/mol. The van der Waals surface area contributed by atoms with Crippen LogP contribution in [0.15, 0.2) is 72.8 Å². The zero-order chi connectivity index (χ0) is 15.4. The molecule has 2 heteroatoms. The number of anilines is 4. The van der Waals surface area contributed by atoms with Crippen molar-refractivity contribution in [3.05, 3.63) is 83.9 Å². The third-order valence-electron chi connectivity index (χ3n) is 3.83. The molecule has 0 unspecified atom stereocenters. The molecule has 22 heavy (non-hydrogen) atoms. The number of aryl methyl sites for hydroxylation is 1. The number of hydrogen-bond donors (Lipinski definition) is 2. The number of nitrogens with one attached hydrogen (secondary N) is 2. The fourth-order valence-corrected chi connectivity index (χ4v) is 2.37. The molecule has 0 amide bonds. The van der Waals surface area contributed by atoms with E-state index in [1.165, 1.54) is 11.1 Å². The van der Waals surface area contributed by atoms with Gasteiger partial charge in [0, 0.05) is 22.7 Å². The van der Waals surface area contributed by atoms with Crippen molar-refractivity contribution >= 4 is 22.7 Å². The molecule has 0 spiro atoms. The molecule has 0 aliphatic rings. The Labute approximate surface area is 131 Å². The van der Waals surface area contributed by atoms with Gasteiger partial charge in [0.25, 0.3) is 0 Å². The molecule has 0 aromatic heterocycles. The van der Waals surface area contributed by atoms with Gasteiger partial charge < -0.3 is 10.6 Å². The summed E-state index contributed by atoms with van der Waals surface area (Å²) in [6, 6.07) is 24.9. The lowest BCUT2D eigenvalue weighted by Crippen LogP contribution is -1.95. The van der Waals surface area contributed by atoms with Crippen LogP contribution in [0.1, 0.15) is 11.1 Å². The highest BCUT2D eigenvalue weighted by atomic mass is 14.9. The fraction of sp³-hybridized carbons (Fsp3) is 0.100. The van der Waals surface area contributed by atoms with Crippen LogP contribution < -0.4 is 10.6 Å². The van der Waals surface area contributed by atoms with Gasteiger partial charge in [0.1, 0.15) is 0 Å². The molecule has 0 saturated heterocycles. The van der Waals surface area contributed by atoms with Crippen molar-refractivity contribution in [3.63, 3.8) is 0 Å². The molecule has 0 atom stereocenters. The van der Waals surface area contributed by atoms with Gasteiger partial charge in [-0.1, -0.05) is 30.3 Å². The molecule has 0 aliphatic carbocycles. The van der Waals surface area contributed by atoms with Crippen LogP contribution in [0.3, 0.4) is 0 Å². The molecule has 0 radical (unpaired) electrons. The van der Waals surface area contributed by atoms with Crippen molar-refractivity contribution in [3.8, 4) is 0 Å². The molecule has 0 aliphatic heterocycles. The summed E-state index contributed by atoms with van der Waals surface area (Å²) >= 11 is 0. The van der Waals surface area contributed by atoms with E-state index in [9.17, 15) is 0 Å². The van der Waals surface area contributed by atoms with E-state index in [4.69, 9.17) is 0 Å². The van der Waals surface area contributed by atoms with Gasteiger partial charge in [-0.3, -0.25) is 0 Å². The van der Waals surface area contributed by atoms with Crippen LogP contribution in [0.25, 0.3) is 0 Å². The largest absolute Gasteiger partial charge is 0.356 e. The summed E-state index contributed by atoms with van der Waals surface area (Å²) < 4.78 is 0. The summed E-state index contributed by atoms with van der Waals surface area (Å²) in [6.07, 6.45) is 0. The zero-order valence-corrected chi connectivity index (χ0v) is 12.9. The third kappa shape index (κ3) is 3.29. The van der Waals surface area contributed by atoms with Gasteiger partial charge in [0.15, 0.2) is 0 Å². The van der Waals surface area contributed by atoms with E-state index in [0.717, 1.165) is 22.7 Å². The maximum Gasteiger partial charge on any atom is 0.0416 e. The highest BCUT2D eigenvalue weighted by Crippen LogP contribution is 2.24. The molecule has 0 saturated carbocycles. The molecule has 2 N–H and O–H groups in total.